The first kappa shape index (κ1) is 22.8. The molecule has 2 heterocycles. The Labute approximate surface area is 196 Å². The van der Waals surface area contributed by atoms with E-state index in [2.05, 4.69) is 29.8 Å². The van der Waals surface area contributed by atoms with Crippen molar-refractivity contribution in [3.05, 3.63) is 63.7 Å². The van der Waals surface area contributed by atoms with Crippen LogP contribution in [0.4, 0.5) is 10.5 Å². The maximum atomic E-state index is 12.8. The summed E-state index contributed by atoms with van der Waals surface area (Å²) in [7, 11) is 0. The first-order valence-electron chi connectivity index (χ1n) is 10.8. The van der Waals surface area contributed by atoms with Gasteiger partial charge in [0, 0.05) is 25.1 Å². The van der Waals surface area contributed by atoms with E-state index >= 15 is 0 Å². The standard InChI is InChI=1S/C24H25ClN4O4/c1-13(2)15-4-6-18(25)19(10-15)27-24(33)26-11-14-3-5-17-16(9-14)12-29(23(17)32)20-7-8-21(30)28-22(20)31/h3-6,9-10,13,20H,7-8,11-12H2,1-2H3,(H2,26,27,33)(H,28,30,31). The molecule has 1 unspecified atom stereocenters. The third-order valence-corrected chi connectivity index (χ3v) is 6.28. The molecule has 0 radical (unpaired) electrons. The Bertz CT molecular complexity index is 1150. The molecular weight excluding hydrogens is 444 g/mol. The zero-order valence-corrected chi connectivity index (χ0v) is 19.2. The van der Waals surface area contributed by atoms with Gasteiger partial charge in [0.1, 0.15) is 6.04 Å². The number of anilines is 1. The number of amides is 5. The summed E-state index contributed by atoms with van der Waals surface area (Å²) >= 11 is 6.21. The minimum atomic E-state index is -0.652. The SMILES string of the molecule is CC(C)c1ccc(Cl)c(NC(=O)NCc2ccc3c(c2)CN(C2CCC(=O)NC2=O)C3=O)c1. The normalized spacial score (nSPS) is 17.8. The molecule has 1 atom stereocenters. The largest absolute Gasteiger partial charge is 0.334 e. The van der Waals surface area contributed by atoms with E-state index in [4.69, 9.17) is 11.6 Å². The fraction of sp³-hybridized carbons (Fsp3) is 0.333. The predicted octanol–water partition coefficient (Wildman–Crippen LogP) is 3.55. The molecule has 2 aliphatic heterocycles. The monoisotopic (exact) mass is 468 g/mol. The van der Waals surface area contributed by atoms with Gasteiger partial charge in [0.25, 0.3) is 5.91 Å². The fourth-order valence-electron chi connectivity index (χ4n) is 4.08. The van der Waals surface area contributed by atoms with Gasteiger partial charge < -0.3 is 15.5 Å². The second-order valence-electron chi connectivity index (χ2n) is 8.59. The van der Waals surface area contributed by atoms with Crippen LogP contribution >= 0.6 is 11.6 Å². The molecule has 5 amide bonds. The Kier molecular flexibility index (Phi) is 6.37. The van der Waals surface area contributed by atoms with E-state index in [9.17, 15) is 19.2 Å². The van der Waals surface area contributed by atoms with Crippen LogP contribution in [0.3, 0.4) is 0 Å². The van der Waals surface area contributed by atoms with Crippen LogP contribution in [-0.2, 0) is 22.7 Å². The lowest BCUT2D eigenvalue weighted by Crippen LogP contribution is -2.52. The van der Waals surface area contributed by atoms with Crippen molar-refractivity contribution in [2.45, 2.75) is 51.7 Å². The van der Waals surface area contributed by atoms with Crippen LogP contribution in [0.5, 0.6) is 0 Å². The lowest BCUT2D eigenvalue weighted by atomic mass is 10.0. The highest BCUT2D eigenvalue weighted by Crippen LogP contribution is 2.29. The molecule has 33 heavy (non-hydrogen) atoms. The number of benzene rings is 2. The molecule has 4 rings (SSSR count). The van der Waals surface area contributed by atoms with Crippen molar-refractivity contribution in [1.82, 2.24) is 15.5 Å². The first-order valence-corrected chi connectivity index (χ1v) is 11.2. The highest BCUT2D eigenvalue weighted by atomic mass is 35.5. The van der Waals surface area contributed by atoms with E-state index in [1.54, 1.807) is 18.2 Å². The maximum absolute atomic E-state index is 12.8. The summed E-state index contributed by atoms with van der Waals surface area (Å²) < 4.78 is 0. The molecule has 0 bridgehead atoms. The van der Waals surface area contributed by atoms with E-state index in [-0.39, 0.29) is 37.4 Å². The van der Waals surface area contributed by atoms with E-state index in [1.165, 1.54) is 4.90 Å². The second-order valence-corrected chi connectivity index (χ2v) is 9.00. The molecule has 0 saturated carbocycles. The Balaban J connectivity index is 1.39. The molecule has 2 aromatic carbocycles. The highest BCUT2D eigenvalue weighted by molar-refractivity contribution is 6.33. The van der Waals surface area contributed by atoms with Crippen molar-refractivity contribution in [3.63, 3.8) is 0 Å². The zero-order chi connectivity index (χ0) is 23.7. The summed E-state index contributed by atoms with van der Waals surface area (Å²) in [6, 6.07) is 9.85. The van der Waals surface area contributed by atoms with Crippen LogP contribution in [0.2, 0.25) is 5.02 Å². The number of imide groups is 1. The Morgan fingerprint density at radius 2 is 1.97 bits per heavy atom. The van der Waals surface area contributed by atoms with Gasteiger partial charge in [0.05, 0.1) is 10.7 Å². The van der Waals surface area contributed by atoms with Crippen molar-refractivity contribution < 1.29 is 19.2 Å². The zero-order valence-electron chi connectivity index (χ0n) is 18.4. The van der Waals surface area contributed by atoms with Crippen molar-refractivity contribution >= 4 is 41.0 Å². The van der Waals surface area contributed by atoms with Gasteiger partial charge in [-0.2, -0.15) is 0 Å². The number of urea groups is 1. The lowest BCUT2D eigenvalue weighted by molar-refractivity contribution is -0.136. The summed E-state index contributed by atoms with van der Waals surface area (Å²) in [5.74, 6) is -0.674. The lowest BCUT2D eigenvalue weighted by Gasteiger charge is -2.29. The fourth-order valence-corrected chi connectivity index (χ4v) is 4.25. The molecule has 172 valence electrons. The van der Waals surface area contributed by atoms with Crippen LogP contribution in [0.25, 0.3) is 0 Å². The Morgan fingerprint density at radius 1 is 1.18 bits per heavy atom. The molecular formula is C24H25ClN4O4. The molecule has 2 aromatic rings. The quantitative estimate of drug-likeness (QED) is 0.583. The third kappa shape index (κ3) is 4.85. The van der Waals surface area contributed by atoms with Gasteiger partial charge in [0.2, 0.25) is 11.8 Å². The molecule has 9 heteroatoms. The van der Waals surface area contributed by atoms with Crippen LogP contribution in [0, 0.1) is 0 Å². The number of halogens is 1. The number of piperidine rings is 1. The Morgan fingerprint density at radius 3 is 2.70 bits per heavy atom. The summed E-state index contributed by atoms with van der Waals surface area (Å²) in [6.45, 7) is 4.67. The Hall–Kier alpha value is -3.39. The third-order valence-electron chi connectivity index (χ3n) is 5.95. The molecule has 0 aliphatic carbocycles. The number of carbonyl (C=O) groups excluding carboxylic acids is 4. The smallest absolute Gasteiger partial charge is 0.319 e. The predicted molar refractivity (Wildman–Crippen MR) is 124 cm³/mol. The van der Waals surface area contributed by atoms with Gasteiger partial charge in [0.15, 0.2) is 0 Å². The van der Waals surface area contributed by atoms with Crippen molar-refractivity contribution in [2.24, 2.45) is 0 Å². The van der Waals surface area contributed by atoms with Gasteiger partial charge in [-0.15, -0.1) is 0 Å². The van der Waals surface area contributed by atoms with Crippen molar-refractivity contribution in [3.8, 4) is 0 Å². The maximum Gasteiger partial charge on any atom is 0.319 e. The molecule has 0 spiro atoms. The molecule has 8 nitrogen and oxygen atoms in total. The number of fused-ring (bicyclic) bond motifs is 1. The van der Waals surface area contributed by atoms with E-state index < -0.39 is 11.9 Å². The average Bonchev–Trinajstić information content (AvgIpc) is 3.09. The number of carbonyl (C=O) groups is 4. The topological polar surface area (TPSA) is 108 Å². The van der Waals surface area contributed by atoms with Crippen LogP contribution in [-0.4, -0.2) is 34.7 Å². The van der Waals surface area contributed by atoms with E-state index in [0.717, 1.165) is 16.7 Å². The molecule has 2 aliphatic rings. The van der Waals surface area contributed by atoms with E-state index in [1.807, 2.05) is 18.2 Å². The summed E-state index contributed by atoms with van der Waals surface area (Å²) in [5, 5.41) is 8.33. The van der Waals surface area contributed by atoms with Gasteiger partial charge in [-0.3, -0.25) is 19.7 Å². The van der Waals surface area contributed by atoms with Gasteiger partial charge in [-0.05, 0) is 47.2 Å². The van der Waals surface area contributed by atoms with E-state index in [0.29, 0.717) is 28.6 Å². The van der Waals surface area contributed by atoms with Crippen molar-refractivity contribution in [2.75, 3.05) is 5.32 Å². The molecule has 1 saturated heterocycles. The molecule has 3 N–H and O–H groups in total. The van der Waals surface area contributed by atoms with Crippen LogP contribution < -0.4 is 16.0 Å². The van der Waals surface area contributed by atoms with Gasteiger partial charge in [-0.1, -0.05) is 43.6 Å². The summed E-state index contributed by atoms with van der Waals surface area (Å²) in [4.78, 5) is 50.3. The number of hydrogen-bond donors (Lipinski definition) is 3. The summed E-state index contributed by atoms with van der Waals surface area (Å²) in [6.07, 6.45) is 0.532. The molecule has 0 aromatic heterocycles. The number of rotatable bonds is 5. The first-order chi connectivity index (χ1) is 15.7. The minimum Gasteiger partial charge on any atom is -0.334 e. The average molecular weight is 469 g/mol. The second kappa shape index (κ2) is 9.23. The van der Waals surface area contributed by atoms with Crippen LogP contribution in [0.15, 0.2) is 36.4 Å². The van der Waals surface area contributed by atoms with Gasteiger partial charge in [-0.25, -0.2) is 4.79 Å². The number of nitrogens with one attached hydrogen (secondary N) is 3. The molecule has 1 fully saturated rings. The minimum absolute atomic E-state index is 0.213. The highest BCUT2D eigenvalue weighted by Gasteiger charge is 2.39. The van der Waals surface area contributed by atoms with Crippen molar-refractivity contribution in [1.29, 1.82) is 0 Å². The van der Waals surface area contributed by atoms with Crippen LogP contribution in [0.1, 0.15) is 59.7 Å². The summed E-state index contributed by atoms with van der Waals surface area (Å²) in [5.41, 5.74) is 3.75. The number of hydrogen-bond acceptors (Lipinski definition) is 4. The van der Waals surface area contributed by atoms with Gasteiger partial charge >= 0.3 is 6.03 Å². The number of nitrogens with zero attached hydrogens (tertiary/aromatic N) is 1.